The molecule has 3 N–H and O–H groups in total. The van der Waals surface area contributed by atoms with Crippen LogP contribution in [0.15, 0.2) is 36.4 Å². The third kappa shape index (κ3) is 4.34. The quantitative estimate of drug-likeness (QED) is 0.645. The maximum Gasteiger partial charge on any atom is 0.248 e. The Balaban J connectivity index is 1.62. The number of carbonyl (C=O) groups is 1. The molecule has 0 radical (unpaired) electrons. The number of nitrogens with zero attached hydrogens (tertiary/aromatic N) is 4. The number of nitrogens with two attached hydrogens (primary N) is 1. The molecule has 2 aromatic carbocycles. The predicted molar refractivity (Wildman–Crippen MR) is 104 cm³/mol. The highest BCUT2D eigenvalue weighted by Crippen LogP contribution is 2.25. The van der Waals surface area contributed by atoms with Crippen molar-refractivity contribution in [2.75, 3.05) is 6.61 Å². The van der Waals surface area contributed by atoms with Crippen LogP contribution in [0.25, 0.3) is 11.4 Å². The van der Waals surface area contributed by atoms with Gasteiger partial charge in [0.2, 0.25) is 11.7 Å². The van der Waals surface area contributed by atoms with E-state index in [1.165, 1.54) is 4.80 Å². The average molecular weight is 381 g/mol. The SMILES string of the molecule is Cc1ccc(C)c(OC[C@@H](O)Cn2nnc(-c3ccc(C(N)=O)cc3)n2)c1C. The second-order valence-electron chi connectivity index (χ2n) is 6.73. The number of primary amides is 1. The summed E-state index contributed by atoms with van der Waals surface area (Å²) in [6.07, 6.45) is -0.793. The fourth-order valence-electron chi connectivity index (χ4n) is 2.79. The molecule has 0 bridgehead atoms. The molecule has 0 spiro atoms. The maximum atomic E-state index is 11.1. The fraction of sp³-hybridized carbons (Fsp3) is 0.300. The number of rotatable bonds is 7. The Bertz CT molecular complexity index is 982. The highest BCUT2D eigenvalue weighted by atomic mass is 16.5. The molecule has 0 saturated carbocycles. The van der Waals surface area contributed by atoms with Crippen LogP contribution in [0.2, 0.25) is 0 Å². The van der Waals surface area contributed by atoms with Crippen LogP contribution in [0.1, 0.15) is 27.0 Å². The Morgan fingerprint density at radius 2 is 1.82 bits per heavy atom. The Morgan fingerprint density at radius 3 is 2.50 bits per heavy atom. The monoisotopic (exact) mass is 381 g/mol. The molecule has 0 aliphatic heterocycles. The molecule has 1 amide bonds. The number of aliphatic hydroxyl groups excluding tert-OH is 1. The largest absolute Gasteiger partial charge is 0.490 e. The summed E-state index contributed by atoms with van der Waals surface area (Å²) in [6.45, 7) is 6.27. The zero-order valence-electron chi connectivity index (χ0n) is 16.1. The summed E-state index contributed by atoms with van der Waals surface area (Å²) in [4.78, 5) is 12.5. The van der Waals surface area contributed by atoms with E-state index < -0.39 is 12.0 Å². The van der Waals surface area contributed by atoms with E-state index in [1.54, 1.807) is 24.3 Å². The molecule has 146 valence electrons. The first-order valence-electron chi connectivity index (χ1n) is 8.91. The molecule has 0 unspecified atom stereocenters. The van der Waals surface area contributed by atoms with Crippen LogP contribution in [0.3, 0.4) is 0 Å². The highest BCUT2D eigenvalue weighted by molar-refractivity contribution is 5.93. The normalized spacial score (nSPS) is 12.0. The van der Waals surface area contributed by atoms with Gasteiger partial charge in [-0.05, 0) is 54.8 Å². The molecule has 8 heteroatoms. The topological polar surface area (TPSA) is 116 Å². The van der Waals surface area contributed by atoms with Crippen molar-refractivity contribution in [1.29, 1.82) is 0 Å². The van der Waals surface area contributed by atoms with E-state index in [1.807, 2.05) is 32.9 Å². The van der Waals surface area contributed by atoms with Crippen LogP contribution in [-0.4, -0.2) is 43.9 Å². The summed E-state index contributed by atoms with van der Waals surface area (Å²) in [5, 5.41) is 22.5. The maximum absolute atomic E-state index is 11.1. The molecular weight excluding hydrogens is 358 g/mol. The molecule has 0 aliphatic rings. The summed E-state index contributed by atoms with van der Waals surface area (Å²) >= 11 is 0. The third-order valence-corrected chi connectivity index (χ3v) is 4.55. The zero-order valence-corrected chi connectivity index (χ0v) is 16.1. The van der Waals surface area contributed by atoms with Gasteiger partial charge in [-0.1, -0.05) is 24.3 Å². The standard InChI is InChI=1S/C20H23N5O3/c1-12-4-5-13(2)18(14(12)3)28-11-17(26)10-25-23-20(22-24-25)16-8-6-15(7-9-16)19(21)27/h4-9,17,26H,10-11H2,1-3H3,(H2,21,27)/t17-/m0/s1. The van der Waals surface area contributed by atoms with Crippen LogP contribution in [0.4, 0.5) is 0 Å². The van der Waals surface area contributed by atoms with Crippen LogP contribution >= 0.6 is 0 Å². The fourth-order valence-corrected chi connectivity index (χ4v) is 2.79. The smallest absolute Gasteiger partial charge is 0.248 e. The number of amides is 1. The van der Waals surface area contributed by atoms with E-state index in [4.69, 9.17) is 10.5 Å². The predicted octanol–water partition coefficient (Wildman–Crippen LogP) is 1.80. The van der Waals surface area contributed by atoms with E-state index in [9.17, 15) is 9.90 Å². The van der Waals surface area contributed by atoms with Crippen LogP contribution < -0.4 is 10.5 Å². The van der Waals surface area contributed by atoms with Crippen molar-refractivity contribution in [2.24, 2.45) is 5.73 Å². The van der Waals surface area contributed by atoms with Gasteiger partial charge in [0.25, 0.3) is 0 Å². The number of aliphatic hydroxyl groups is 1. The lowest BCUT2D eigenvalue weighted by Gasteiger charge is -2.16. The minimum atomic E-state index is -0.793. The van der Waals surface area contributed by atoms with Gasteiger partial charge in [-0.25, -0.2) is 0 Å². The van der Waals surface area contributed by atoms with E-state index in [0.717, 1.165) is 22.4 Å². The number of carbonyl (C=O) groups excluding carboxylic acids is 1. The summed E-state index contributed by atoms with van der Waals surface area (Å²) in [5.74, 6) is 0.695. The molecule has 0 fully saturated rings. The van der Waals surface area contributed by atoms with Crippen molar-refractivity contribution in [3.63, 3.8) is 0 Å². The summed E-state index contributed by atoms with van der Waals surface area (Å²) in [7, 11) is 0. The van der Waals surface area contributed by atoms with Gasteiger partial charge in [0, 0.05) is 11.1 Å². The lowest BCUT2D eigenvalue weighted by molar-refractivity contribution is 0.0843. The summed E-state index contributed by atoms with van der Waals surface area (Å²) < 4.78 is 5.83. The van der Waals surface area contributed by atoms with Crippen molar-refractivity contribution >= 4 is 5.91 Å². The van der Waals surface area contributed by atoms with E-state index in [2.05, 4.69) is 15.4 Å². The molecule has 3 aromatic rings. The third-order valence-electron chi connectivity index (χ3n) is 4.55. The first-order chi connectivity index (χ1) is 13.3. The molecule has 0 aliphatic carbocycles. The van der Waals surface area contributed by atoms with Crippen LogP contribution in [0, 0.1) is 20.8 Å². The van der Waals surface area contributed by atoms with Crippen molar-refractivity contribution in [1.82, 2.24) is 20.2 Å². The second-order valence-corrected chi connectivity index (χ2v) is 6.73. The van der Waals surface area contributed by atoms with Crippen molar-refractivity contribution in [3.8, 4) is 17.1 Å². The number of aromatic nitrogens is 4. The van der Waals surface area contributed by atoms with Crippen LogP contribution in [0.5, 0.6) is 5.75 Å². The van der Waals surface area contributed by atoms with E-state index in [-0.39, 0.29) is 13.2 Å². The summed E-state index contributed by atoms with van der Waals surface area (Å²) in [6, 6.07) is 10.7. The van der Waals surface area contributed by atoms with Gasteiger partial charge >= 0.3 is 0 Å². The number of benzene rings is 2. The zero-order chi connectivity index (χ0) is 20.3. The number of ether oxygens (including phenoxy) is 1. The Kier molecular flexibility index (Phi) is 5.70. The van der Waals surface area contributed by atoms with Crippen molar-refractivity contribution in [2.45, 2.75) is 33.4 Å². The molecule has 3 rings (SSSR count). The molecule has 0 saturated heterocycles. The lowest BCUT2D eigenvalue weighted by atomic mass is 10.1. The molecule has 1 aromatic heterocycles. The van der Waals surface area contributed by atoms with Gasteiger partial charge in [-0.3, -0.25) is 4.79 Å². The van der Waals surface area contributed by atoms with Crippen molar-refractivity contribution in [3.05, 3.63) is 58.7 Å². The minimum Gasteiger partial charge on any atom is -0.490 e. The molecular formula is C20H23N5O3. The molecule has 28 heavy (non-hydrogen) atoms. The average Bonchev–Trinajstić information content (AvgIpc) is 3.13. The Hall–Kier alpha value is -3.26. The molecule has 1 atom stereocenters. The number of hydrogen-bond acceptors (Lipinski definition) is 6. The number of tetrazole rings is 1. The first kappa shape index (κ1) is 19.5. The van der Waals surface area contributed by atoms with Gasteiger partial charge in [-0.15, -0.1) is 10.2 Å². The minimum absolute atomic E-state index is 0.120. The van der Waals surface area contributed by atoms with E-state index >= 15 is 0 Å². The number of aryl methyl sites for hydroxylation is 2. The highest BCUT2D eigenvalue weighted by Gasteiger charge is 2.13. The lowest BCUT2D eigenvalue weighted by Crippen LogP contribution is -2.25. The van der Waals surface area contributed by atoms with Gasteiger partial charge in [0.15, 0.2) is 0 Å². The Labute approximate surface area is 162 Å². The van der Waals surface area contributed by atoms with Gasteiger partial charge < -0.3 is 15.6 Å². The second kappa shape index (κ2) is 8.18. The molecule has 8 nitrogen and oxygen atoms in total. The van der Waals surface area contributed by atoms with Gasteiger partial charge in [0.1, 0.15) is 18.5 Å². The van der Waals surface area contributed by atoms with Crippen LogP contribution in [-0.2, 0) is 6.54 Å². The number of hydrogen-bond donors (Lipinski definition) is 2. The van der Waals surface area contributed by atoms with Gasteiger partial charge in [-0.2, -0.15) is 4.80 Å². The Morgan fingerprint density at radius 1 is 1.14 bits per heavy atom. The van der Waals surface area contributed by atoms with E-state index in [0.29, 0.717) is 17.0 Å². The molecule has 1 heterocycles. The summed E-state index contributed by atoms with van der Waals surface area (Å²) in [5.41, 5.74) is 9.57. The van der Waals surface area contributed by atoms with Crippen molar-refractivity contribution < 1.29 is 14.6 Å². The van der Waals surface area contributed by atoms with Gasteiger partial charge in [0.05, 0.1) is 6.54 Å². The first-order valence-corrected chi connectivity index (χ1v) is 8.91.